The number of hydrogen-bond acceptors (Lipinski definition) is 3. The largest absolute Gasteiger partial charge is 0.481 e. The number of nitrogens with zero attached hydrogens (tertiary/aromatic N) is 2. The second-order valence-electron chi connectivity index (χ2n) is 5.14. The van der Waals surface area contributed by atoms with Crippen molar-refractivity contribution in [3.05, 3.63) is 18.0 Å². The maximum absolute atomic E-state index is 11.8. The Labute approximate surface area is 111 Å². The molecule has 6 nitrogen and oxygen atoms in total. The van der Waals surface area contributed by atoms with Crippen molar-refractivity contribution in [1.82, 2.24) is 15.1 Å². The summed E-state index contributed by atoms with van der Waals surface area (Å²) in [5.74, 6) is -1.10. The Morgan fingerprint density at radius 2 is 2.32 bits per heavy atom. The molecule has 1 aromatic rings. The third-order valence-electron chi connectivity index (χ3n) is 3.48. The molecule has 0 saturated heterocycles. The maximum Gasteiger partial charge on any atom is 0.306 e. The van der Waals surface area contributed by atoms with Crippen LogP contribution < -0.4 is 5.32 Å². The molecule has 0 radical (unpaired) electrons. The van der Waals surface area contributed by atoms with Crippen LogP contribution >= 0.6 is 0 Å². The summed E-state index contributed by atoms with van der Waals surface area (Å²) in [6.45, 7) is 2.50. The lowest BCUT2D eigenvalue weighted by Crippen LogP contribution is -2.33. The molecule has 19 heavy (non-hydrogen) atoms. The molecule has 6 heteroatoms. The van der Waals surface area contributed by atoms with E-state index in [-0.39, 0.29) is 17.9 Å². The van der Waals surface area contributed by atoms with Gasteiger partial charge >= 0.3 is 5.97 Å². The molecule has 2 N–H and O–H groups in total. The first-order valence-electron chi connectivity index (χ1n) is 6.56. The fraction of sp³-hybridized carbons (Fsp3) is 0.615. The van der Waals surface area contributed by atoms with Gasteiger partial charge in [-0.05, 0) is 31.7 Å². The molecule has 1 fully saturated rings. The van der Waals surface area contributed by atoms with Crippen LogP contribution in [0.5, 0.6) is 0 Å². The molecule has 1 aliphatic carbocycles. The van der Waals surface area contributed by atoms with E-state index in [0.717, 1.165) is 12.0 Å². The predicted octanol–water partition coefficient (Wildman–Crippen LogP) is 0.951. The Kier molecular flexibility index (Phi) is 4.19. The van der Waals surface area contributed by atoms with E-state index >= 15 is 0 Å². The van der Waals surface area contributed by atoms with Crippen LogP contribution in [0, 0.1) is 12.8 Å². The van der Waals surface area contributed by atoms with Crippen molar-refractivity contribution in [2.24, 2.45) is 5.92 Å². The van der Waals surface area contributed by atoms with Gasteiger partial charge in [0.1, 0.15) is 0 Å². The molecule has 2 atom stereocenters. The van der Waals surface area contributed by atoms with Crippen LogP contribution in [0.1, 0.15) is 31.2 Å². The number of hydrogen-bond donors (Lipinski definition) is 2. The fourth-order valence-corrected chi connectivity index (χ4v) is 2.44. The maximum atomic E-state index is 11.8. The van der Waals surface area contributed by atoms with E-state index in [2.05, 4.69) is 10.4 Å². The zero-order valence-electron chi connectivity index (χ0n) is 11.0. The summed E-state index contributed by atoms with van der Waals surface area (Å²) in [5.41, 5.74) is 1.07. The second-order valence-corrected chi connectivity index (χ2v) is 5.14. The van der Waals surface area contributed by atoms with Gasteiger partial charge < -0.3 is 10.4 Å². The number of aliphatic carboxylic acids is 1. The van der Waals surface area contributed by atoms with Gasteiger partial charge in [-0.15, -0.1) is 0 Å². The van der Waals surface area contributed by atoms with Crippen molar-refractivity contribution in [3.63, 3.8) is 0 Å². The van der Waals surface area contributed by atoms with E-state index in [1.165, 1.54) is 0 Å². The van der Waals surface area contributed by atoms with Crippen molar-refractivity contribution in [2.45, 2.75) is 45.2 Å². The molecule has 2 rings (SSSR count). The first-order chi connectivity index (χ1) is 9.04. The van der Waals surface area contributed by atoms with Crippen LogP contribution in [0.15, 0.2) is 12.4 Å². The summed E-state index contributed by atoms with van der Waals surface area (Å²) >= 11 is 0. The van der Waals surface area contributed by atoms with E-state index in [1.807, 2.05) is 13.1 Å². The number of rotatable bonds is 5. The number of amides is 1. The normalized spacial score (nSPS) is 22.4. The van der Waals surface area contributed by atoms with Gasteiger partial charge in [-0.2, -0.15) is 5.10 Å². The summed E-state index contributed by atoms with van der Waals surface area (Å²) in [6, 6.07) is 0.00737. The number of carboxylic acid groups (broad SMARTS) is 1. The van der Waals surface area contributed by atoms with Crippen molar-refractivity contribution in [1.29, 1.82) is 0 Å². The van der Waals surface area contributed by atoms with Gasteiger partial charge in [0.05, 0.1) is 12.1 Å². The van der Waals surface area contributed by atoms with E-state index in [9.17, 15) is 9.59 Å². The lowest BCUT2D eigenvalue weighted by atomic mass is 10.1. The molecule has 1 amide bonds. The monoisotopic (exact) mass is 265 g/mol. The summed E-state index contributed by atoms with van der Waals surface area (Å²) in [7, 11) is 0. The minimum absolute atomic E-state index is 0.00737. The lowest BCUT2D eigenvalue weighted by Gasteiger charge is -2.12. The molecule has 1 heterocycles. The van der Waals surface area contributed by atoms with Crippen LogP contribution in [0.2, 0.25) is 0 Å². The third-order valence-corrected chi connectivity index (χ3v) is 3.48. The van der Waals surface area contributed by atoms with E-state index in [0.29, 0.717) is 25.8 Å². The van der Waals surface area contributed by atoms with Gasteiger partial charge in [-0.1, -0.05) is 0 Å². The molecule has 0 bridgehead atoms. The van der Waals surface area contributed by atoms with Crippen molar-refractivity contribution < 1.29 is 14.7 Å². The average molecular weight is 265 g/mol. The Balaban J connectivity index is 1.72. The van der Waals surface area contributed by atoms with Gasteiger partial charge in [0, 0.05) is 25.2 Å². The smallest absolute Gasteiger partial charge is 0.306 e. The number of nitrogens with one attached hydrogen (secondary N) is 1. The zero-order valence-corrected chi connectivity index (χ0v) is 11.0. The van der Waals surface area contributed by atoms with Gasteiger partial charge in [0.25, 0.3) is 0 Å². The van der Waals surface area contributed by atoms with Crippen molar-refractivity contribution in [3.8, 4) is 0 Å². The summed E-state index contributed by atoms with van der Waals surface area (Å²) < 4.78 is 1.74. The highest BCUT2D eigenvalue weighted by molar-refractivity contribution is 5.76. The van der Waals surface area contributed by atoms with Gasteiger partial charge in [0.15, 0.2) is 0 Å². The summed E-state index contributed by atoms with van der Waals surface area (Å²) in [4.78, 5) is 22.6. The van der Waals surface area contributed by atoms with Gasteiger partial charge in [-0.3, -0.25) is 14.3 Å². The van der Waals surface area contributed by atoms with Crippen LogP contribution in [0.25, 0.3) is 0 Å². The van der Waals surface area contributed by atoms with Crippen molar-refractivity contribution in [2.75, 3.05) is 0 Å². The molecule has 1 saturated carbocycles. The number of carboxylic acids is 1. The highest BCUT2D eigenvalue weighted by atomic mass is 16.4. The molecule has 0 unspecified atom stereocenters. The highest BCUT2D eigenvalue weighted by Crippen LogP contribution is 2.25. The van der Waals surface area contributed by atoms with Crippen LogP contribution in [-0.4, -0.2) is 32.8 Å². The predicted molar refractivity (Wildman–Crippen MR) is 68.5 cm³/mol. The molecule has 0 aliphatic heterocycles. The molecule has 0 spiro atoms. The standard InChI is InChI=1S/C13H19N3O3/c1-9-7-14-16(8-9)5-4-12(17)15-11-3-2-10(6-11)13(18)19/h7-8,10-11H,2-6H2,1H3,(H,15,17)(H,18,19)/t10-,11+/m0/s1. The van der Waals surface area contributed by atoms with Gasteiger partial charge in [0.2, 0.25) is 5.91 Å². The molecule has 0 aromatic carbocycles. The van der Waals surface area contributed by atoms with Crippen LogP contribution in [0.3, 0.4) is 0 Å². The molecule has 1 aromatic heterocycles. The van der Waals surface area contributed by atoms with Crippen LogP contribution in [0.4, 0.5) is 0 Å². The Morgan fingerprint density at radius 3 is 2.89 bits per heavy atom. The Morgan fingerprint density at radius 1 is 1.53 bits per heavy atom. The van der Waals surface area contributed by atoms with E-state index in [4.69, 9.17) is 5.11 Å². The lowest BCUT2D eigenvalue weighted by molar-refractivity contribution is -0.141. The minimum Gasteiger partial charge on any atom is -0.481 e. The molecular formula is C13H19N3O3. The summed E-state index contributed by atoms with van der Waals surface area (Å²) in [6.07, 6.45) is 5.97. The summed E-state index contributed by atoms with van der Waals surface area (Å²) in [5, 5.41) is 15.9. The average Bonchev–Trinajstić information content (AvgIpc) is 2.96. The number of carbonyl (C=O) groups is 2. The zero-order chi connectivity index (χ0) is 13.8. The highest BCUT2D eigenvalue weighted by Gasteiger charge is 2.30. The molecule has 1 aliphatic rings. The minimum atomic E-state index is -0.760. The number of carbonyl (C=O) groups excluding carboxylic acids is 1. The fourth-order valence-electron chi connectivity index (χ4n) is 2.44. The van der Waals surface area contributed by atoms with E-state index < -0.39 is 5.97 Å². The number of aromatic nitrogens is 2. The molecule has 104 valence electrons. The first kappa shape index (κ1) is 13.6. The van der Waals surface area contributed by atoms with E-state index in [1.54, 1.807) is 10.9 Å². The Bertz CT molecular complexity index is 469. The first-order valence-corrected chi connectivity index (χ1v) is 6.56. The Hall–Kier alpha value is -1.85. The number of aryl methyl sites for hydroxylation is 2. The topological polar surface area (TPSA) is 84.2 Å². The molecular weight excluding hydrogens is 246 g/mol. The van der Waals surface area contributed by atoms with Crippen LogP contribution in [-0.2, 0) is 16.1 Å². The van der Waals surface area contributed by atoms with Crippen molar-refractivity contribution >= 4 is 11.9 Å². The van der Waals surface area contributed by atoms with Gasteiger partial charge in [-0.25, -0.2) is 0 Å². The SMILES string of the molecule is Cc1cnn(CCC(=O)N[C@@H]2CC[C@H](C(=O)O)C2)c1. The quantitative estimate of drug-likeness (QED) is 0.830. The third kappa shape index (κ3) is 3.81. The second kappa shape index (κ2) is 5.86.